The van der Waals surface area contributed by atoms with Gasteiger partial charge in [-0.25, -0.2) is 0 Å². The van der Waals surface area contributed by atoms with Crippen LogP contribution in [0.25, 0.3) is 0 Å². The quantitative estimate of drug-likeness (QED) is 0.809. The maximum Gasteiger partial charge on any atom is 0.303 e. The standard InChI is InChI=1S/C18H24N4O3/c1-13(23)14-8-16(20(2)10-14)11-21-6-3-7-22-17(12-21)9-15(19-22)4-5-18(24)25/h8-10H,3-7,11-12H2,1-2H3,(H,24,25). The zero-order valence-corrected chi connectivity index (χ0v) is 14.7. The number of nitrogens with zero attached hydrogens (tertiary/aromatic N) is 4. The number of fused-ring (bicyclic) bond motifs is 1. The van der Waals surface area contributed by atoms with Crippen molar-refractivity contribution in [2.45, 2.75) is 45.8 Å². The lowest BCUT2D eigenvalue weighted by molar-refractivity contribution is -0.136. The molecule has 3 rings (SSSR count). The number of rotatable bonds is 6. The van der Waals surface area contributed by atoms with Crippen molar-refractivity contribution in [2.75, 3.05) is 6.54 Å². The fourth-order valence-corrected chi connectivity index (χ4v) is 3.27. The second-order valence-corrected chi connectivity index (χ2v) is 6.70. The van der Waals surface area contributed by atoms with Gasteiger partial charge < -0.3 is 9.67 Å². The smallest absolute Gasteiger partial charge is 0.303 e. The van der Waals surface area contributed by atoms with E-state index in [9.17, 15) is 9.59 Å². The Labute approximate surface area is 146 Å². The van der Waals surface area contributed by atoms with Gasteiger partial charge in [0.05, 0.1) is 17.8 Å². The van der Waals surface area contributed by atoms with Crippen molar-refractivity contribution in [1.29, 1.82) is 0 Å². The molecule has 0 aromatic carbocycles. The van der Waals surface area contributed by atoms with Gasteiger partial charge in [-0.15, -0.1) is 0 Å². The Bertz CT molecular complexity index is 790. The number of aryl methyl sites for hydroxylation is 3. The van der Waals surface area contributed by atoms with Gasteiger partial charge in [-0.05, 0) is 25.5 Å². The lowest BCUT2D eigenvalue weighted by atomic mass is 10.2. The normalized spacial score (nSPS) is 15.0. The molecule has 2 aromatic heterocycles. The summed E-state index contributed by atoms with van der Waals surface area (Å²) in [7, 11) is 1.97. The maximum atomic E-state index is 11.6. The molecule has 0 amide bonds. The van der Waals surface area contributed by atoms with Crippen molar-refractivity contribution in [3.05, 3.63) is 41.0 Å². The number of carbonyl (C=O) groups excluding carboxylic acids is 1. The van der Waals surface area contributed by atoms with E-state index in [1.807, 2.05) is 34.6 Å². The number of carboxylic acid groups (broad SMARTS) is 1. The third-order valence-corrected chi connectivity index (χ3v) is 4.64. The first kappa shape index (κ1) is 17.4. The van der Waals surface area contributed by atoms with Crippen LogP contribution in [0.1, 0.15) is 47.2 Å². The van der Waals surface area contributed by atoms with Crippen molar-refractivity contribution in [3.8, 4) is 0 Å². The topological polar surface area (TPSA) is 80.4 Å². The van der Waals surface area contributed by atoms with Crippen LogP contribution in [-0.4, -0.2) is 42.7 Å². The van der Waals surface area contributed by atoms with Gasteiger partial charge >= 0.3 is 5.97 Å². The van der Waals surface area contributed by atoms with E-state index < -0.39 is 5.97 Å². The molecule has 1 aliphatic heterocycles. The van der Waals surface area contributed by atoms with Crippen molar-refractivity contribution >= 4 is 11.8 Å². The summed E-state index contributed by atoms with van der Waals surface area (Å²) in [6.45, 7) is 4.96. The molecule has 0 atom stereocenters. The monoisotopic (exact) mass is 344 g/mol. The number of hydrogen-bond donors (Lipinski definition) is 1. The predicted octanol–water partition coefficient (Wildman–Crippen LogP) is 1.85. The molecule has 7 nitrogen and oxygen atoms in total. The molecule has 3 heterocycles. The molecular weight excluding hydrogens is 320 g/mol. The molecular formula is C18H24N4O3. The summed E-state index contributed by atoms with van der Waals surface area (Å²) in [4.78, 5) is 24.6. The first-order chi connectivity index (χ1) is 11.9. The fourth-order valence-electron chi connectivity index (χ4n) is 3.27. The Morgan fingerprint density at radius 2 is 2.08 bits per heavy atom. The van der Waals surface area contributed by atoms with Gasteiger partial charge in [-0.1, -0.05) is 0 Å². The molecule has 0 unspecified atom stereocenters. The van der Waals surface area contributed by atoms with Gasteiger partial charge in [-0.3, -0.25) is 19.2 Å². The third kappa shape index (κ3) is 4.17. The highest BCUT2D eigenvalue weighted by molar-refractivity contribution is 5.94. The van der Waals surface area contributed by atoms with Crippen LogP contribution in [0.2, 0.25) is 0 Å². The molecule has 0 saturated carbocycles. The first-order valence-corrected chi connectivity index (χ1v) is 8.58. The highest BCUT2D eigenvalue weighted by Gasteiger charge is 2.18. The minimum Gasteiger partial charge on any atom is -0.481 e. The van der Waals surface area contributed by atoms with Gasteiger partial charge in [0.25, 0.3) is 0 Å². The van der Waals surface area contributed by atoms with Gasteiger partial charge in [-0.2, -0.15) is 5.10 Å². The van der Waals surface area contributed by atoms with E-state index in [4.69, 9.17) is 5.11 Å². The lowest BCUT2D eigenvalue weighted by Crippen LogP contribution is -2.23. The summed E-state index contributed by atoms with van der Waals surface area (Å²) < 4.78 is 4.01. The Kier molecular flexibility index (Phi) is 5.03. The van der Waals surface area contributed by atoms with E-state index in [0.29, 0.717) is 6.42 Å². The van der Waals surface area contributed by atoms with Crippen LogP contribution in [-0.2, 0) is 37.9 Å². The number of carboxylic acids is 1. The average molecular weight is 344 g/mol. The Morgan fingerprint density at radius 1 is 1.28 bits per heavy atom. The zero-order chi connectivity index (χ0) is 18.0. The van der Waals surface area contributed by atoms with Crippen molar-refractivity contribution in [2.24, 2.45) is 7.05 Å². The van der Waals surface area contributed by atoms with Gasteiger partial charge in [0.15, 0.2) is 5.78 Å². The van der Waals surface area contributed by atoms with E-state index in [-0.39, 0.29) is 12.2 Å². The van der Waals surface area contributed by atoms with Gasteiger partial charge in [0.1, 0.15) is 0 Å². The predicted molar refractivity (Wildman–Crippen MR) is 92.3 cm³/mol. The largest absolute Gasteiger partial charge is 0.481 e. The molecule has 0 radical (unpaired) electrons. The average Bonchev–Trinajstić information content (AvgIpc) is 3.04. The SMILES string of the molecule is CC(=O)c1cc(CN2CCCn3nc(CCC(=O)O)cc3C2)n(C)c1. The second-order valence-electron chi connectivity index (χ2n) is 6.70. The van der Waals surface area contributed by atoms with Crippen molar-refractivity contribution < 1.29 is 14.7 Å². The molecule has 0 fully saturated rings. The van der Waals surface area contributed by atoms with Crippen LogP contribution in [0.3, 0.4) is 0 Å². The Balaban J connectivity index is 1.70. The van der Waals surface area contributed by atoms with E-state index in [1.165, 1.54) is 0 Å². The van der Waals surface area contributed by atoms with Crippen LogP contribution >= 0.6 is 0 Å². The molecule has 0 saturated heterocycles. The minimum atomic E-state index is -0.796. The number of hydrogen-bond acceptors (Lipinski definition) is 4. The zero-order valence-electron chi connectivity index (χ0n) is 14.7. The molecule has 1 aliphatic rings. The molecule has 2 aromatic rings. The summed E-state index contributed by atoms with van der Waals surface area (Å²) in [6.07, 6.45) is 3.45. The minimum absolute atomic E-state index is 0.0823. The van der Waals surface area contributed by atoms with Crippen LogP contribution < -0.4 is 0 Å². The summed E-state index contributed by atoms with van der Waals surface area (Å²) in [5.41, 5.74) is 3.83. The van der Waals surface area contributed by atoms with Crippen molar-refractivity contribution in [1.82, 2.24) is 19.2 Å². The van der Waals surface area contributed by atoms with Crippen LogP contribution in [0.15, 0.2) is 18.3 Å². The molecule has 134 valence electrons. The summed E-state index contributed by atoms with van der Waals surface area (Å²) in [6, 6.07) is 3.98. The number of aromatic nitrogens is 3. The lowest BCUT2D eigenvalue weighted by Gasteiger charge is -2.19. The molecule has 1 N–H and O–H groups in total. The summed E-state index contributed by atoms with van der Waals surface area (Å²) in [5, 5.41) is 13.4. The second kappa shape index (κ2) is 7.23. The van der Waals surface area contributed by atoms with E-state index in [1.54, 1.807) is 6.92 Å². The maximum absolute atomic E-state index is 11.6. The molecule has 0 spiro atoms. The summed E-state index contributed by atoms with van der Waals surface area (Å²) in [5.74, 6) is -0.714. The van der Waals surface area contributed by atoms with E-state index in [0.717, 1.165) is 55.2 Å². The number of ketones is 1. The van der Waals surface area contributed by atoms with Crippen LogP contribution in [0.4, 0.5) is 0 Å². The third-order valence-electron chi connectivity index (χ3n) is 4.64. The Morgan fingerprint density at radius 3 is 2.76 bits per heavy atom. The Hall–Kier alpha value is -2.41. The van der Waals surface area contributed by atoms with Gasteiger partial charge in [0.2, 0.25) is 0 Å². The molecule has 0 aliphatic carbocycles. The highest BCUT2D eigenvalue weighted by atomic mass is 16.4. The van der Waals surface area contributed by atoms with Crippen LogP contribution in [0.5, 0.6) is 0 Å². The van der Waals surface area contributed by atoms with Crippen LogP contribution in [0, 0.1) is 0 Å². The van der Waals surface area contributed by atoms with E-state index >= 15 is 0 Å². The highest BCUT2D eigenvalue weighted by Crippen LogP contribution is 2.18. The van der Waals surface area contributed by atoms with Crippen molar-refractivity contribution in [3.63, 3.8) is 0 Å². The number of Topliss-reactive ketones (excluding diaryl/α,β-unsaturated/α-hetero) is 1. The first-order valence-electron chi connectivity index (χ1n) is 8.58. The molecule has 7 heteroatoms. The number of carbonyl (C=O) groups is 2. The van der Waals surface area contributed by atoms with Gasteiger partial charge in [0, 0.05) is 57.1 Å². The summed E-state index contributed by atoms with van der Waals surface area (Å²) >= 11 is 0. The number of aliphatic carboxylic acids is 1. The fraction of sp³-hybridized carbons (Fsp3) is 0.500. The molecule has 25 heavy (non-hydrogen) atoms. The van der Waals surface area contributed by atoms with E-state index in [2.05, 4.69) is 10.00 Å². The molecule has 0 bridgehead atoms.